The first-order chi connectivity index (χ1) is 8.42. The van der Waals surface area contributed by atoms with Crippen LogP contribution in [0.2, 0.25) is 0 Å². The lowest BCUT2D eigenvalue weighted by Gasteiger charge is -2.23. The van der Waals surface area contributed by atoms with E-state index in [1.54, 1.807) is 20.8 Å². The van der Waals surface area contributed by atoms with Crippen LogP contribution in [0.1, 0.15) is 41.0 Å². The first-order valence-corrected chi connectivity index (χ1v) is 6.42. The standard InChI is InChI=1S/C13H24O5/c1-6-16-12(14)10(5)11(8-9(3)4)18-13(15)17-7-2/h9-11H,6-8H2,1-5H3. The largest absolute Gasteiger partial charge is 0.508 e. The topological polar surface area (TPSA) is 61.8 Å². The molecule has 0 aromatic heterocycles. The number of carbonyl (C=O) groups is 2. The lowest BCUT2D eigenvalue weighted by atomic mass is 9.96. The number of hydrogen-bond donors (Lipinski definition) is 0. The van der Waals surface area contributed by atoms with Crippen molar-refractivity contribution in [2.75, 3.05) is 13.2 Å². The van der Waals surface area contributed by atoms with E-state index in [-0.39, 0.29) is 12.6 Å². The van der Waals surface area contributed by atoms with E-state index in [4.69, 9.17) is 14.2 Å². The predicted octanol–water partition coefficient (Wildman–Crippen LogP) is 2.77. The molecule has 106 valence electrons. The van der Waals surface area contributed by atoms with Gasteiger partial charge < -0.3 is 14.2 Å². The summed E-state index contributed by atoms with van der Waals surface area (Å²) in [4.78, 5) is 23.0. The molecule has 0 amide bonds. The van der Waals surface area contributed by atoms with Gasteiger partial charge in [0.25, 0.3) is 0 Å². The van der Waals surface area contributed by atoms with Crippen molar-refractivity contribution >= 4 is 12.1 Å². The van der Waals surface area contributed by atoms with Crippen molar-refractivity contribution in [2.45, 2.75) is 47.1 Å². The van der Waals surface area contributed by atoms with Gasteiger partial charge in [0.1, 0.15) is 6.10 Å². The van der Waals surface area contributed by atoms with E-state index in [1.165, 1.54) is 0 Å². The fourth-order valence-corrected chi connectivity index (χ4v) is 1.52. The first kappa shape index (κ1) is 16.7. The lowest BCUT2D eigenvalue weighted by molar-refractivity contribution is -0.152. The zero-order chi connectivity index (χ0) is 14.1. The highest BCUT2D eigenvalue weighted by Gasteiger charge is 2.29. The minimum Gasteiger partial charge on any atom is -0.466 e. The van der Waals surface area contributed by atoms with Gasteiger partial charge in [0.2, 0.25) is 0 Å². The second kappa shape index (κ2) is 8.78. The molecule has 2 atom stereocenters. The Bertz CT molecular complexity index is 262. The highest BCUT2D eigenvalue weighted by Crippen LogP contribution is 2.19. The summed E-state index contributed by atoms with van der Waals surface area (Å²) in [5, 5.41) is 0. The zero-order valence-corrected chi connectivity index (χ0v) is 11.9. The van der Waals surface area contributed by atoms with Crippen LogP contribution in [0.4, 0.5) is 4.79 Å². The summed E-state index contributed by atoms with van der Waals surface area (Å²) in [6.45, 7) is 9.71. The van der Waals surface area contributed by atoms with E-state index in [0.717, 1.165) is 0 Å². The first-order valence-electron chi connectivity index (χ1n) is 6.42. The van der Waals surface area contributed by atoms with Gasteiger partial charge in [-0.25, -0.2) is 4.79 Å². The van der Waals surface area contributed by atoms with Crippen molar-refractivity contribution in [3.05, 3.63) is 0 Å². The van der Waals surface area contributed by atoms with Crippen LogP contribution in [0.15, 0.2) is 0 Å². The van der Waals surface area contributed by atoms with Gasteiger partial charge in [0.15, 0.2) is 0 Å². The lowest BCUT2D eigenvalue weighted by Crippen LogP contribution is -2.33. The van der Waals surface area contributed by atoms with Crippen molar-refractivity contribution < 1.29 is 23.8 Å². The molecule has 2 unspecified atom stereocenters. The van der Waals surface area contributed by atoms with Crippen LogP contribution in [0, 0.1) is 11.8 Å². The molecule has 0 N–H and O–H groups in total. The van der Waals surface area contributed by atoms with Gasteiger partial charge in [0.05, 0.1) is 19.1 Å². The van der Waals surface area contributed by atoms with Crippen LogP contribution in [0.25, 0.3) is 0 Å². The molecule has 18 heavy (non-hydrogen) atoms. The Morgan fingerprint density at radius 2 is 1.56 bits per heavy atom. The van der Waals surface area contributed by atoms with Crippen molar-refractivity contribution in [1.82, 2.24) is 0 Å². The number of carbonyl (C=O) groups excluding carboxylic acids is 2. The SMILES string of the molecule is CCOC(=O)OC(CC(C)C)C(C)C(=O)OCC. The maximum absolute atomic E-state index is 11.7. The third kappa shape index (κ3) is 6.47. The maximum Gasteiger partial charge on any atom is 0.508 e. The van der Waals surface area contributed by atoms with Crippen molar-refractivity contribution in [1.29, 1.82) is 0 Å². The average Bonchev–Trinajstić information content (AvgIpc) is 2.27. The third-order valence-corrected chi connectivity index (χ3v) is 2.43. The Morgan fingerprint density at radius 3 is 2.00 bits per heavy atom. The van der Waals surface area contributed by atoms with Crippen molar-refractivity contribution in [2.24, 2.45) is 11.8 Å². The molecular formula is C13H24O5. The molecule has 0 aromatic carbocycles. The van der Waals surface area contributed by atoms with E-state index in [9.17, 15) is 9.59 Å². The summed E-state index contributed by atoms with van der Waals surface area (Å²) in [5.74, 6) is -0.537. The number of rotatable bonds is 7. The smallest absolute Gasteiger partial charge is 0.466 e. The molecule has 0 spiro atoms. The monoisotopic (exact) mass is 260 g/mol. The molecule has 0 fully saturated rings. The van der Waals surface area contributed by atoms with E-state index < -0.39 is 18.2 Å². The molecular weight excluding hydrogens is 236 g/mol. The molecule has 0 aliphatic rings. The number of hydrogen-bond acceptors (Lipinski definition) is 5. The van der Waals surface area contributed by atoms with Gasteiger partial charge in [-0.1, -0.05) is 13.8 Å². The van der Waals surface area contributed by atoms with Gasteiger partial charge in [-0.3, -0.25) is 4.79 Å². The Balaban J connectivity index is 4.55. The predicted molar refractivity (Wildman–Crippen MR) is 67.1 cm³/mol. The quantitative estimate of drug-likeness (QED) is 0.659. The van der Waals surface area contributed by atoms with Crippen LogP contribution in [0.3, 0.4) is 0 Å². The number of ether oxygens (including phenoxy) is 3. The van der Waals surface area contributed by atoms with Crippen LogP contribution >= 0.6 is 0 Å². The molecule has 5 heteroatoms. The Morgan fingerprint density at radius 1 is 1.00 bits per heavy atom. The minimum absolute atomic E-state index is 0.251. The van der Waals surface area contributed by atoms with Crippen molar-refractivity contribution in [3.63, 3.8) is 0 Å². The fraction of sp³-hybridized carbons (Fsp3) is 0.846. The van der Waals surface area contributed by atoms with E-state index in [1.807, 2.05) is 13.8 Å². The number of esters is 1. The third-order valence-electron chi connectivity index (χ3n) is 2.43. The van der Waals surface area contributed by atoms with E-state index in [2.05, 4.69) is 0 Å². The minimum atomic E-state index is -0.737. The second-order valence-corrected chi connectivity index (χ2v) is 4.51. The maximum atomic E-state index is 11.7. The Kier molecular flexibility index (Phi) is 8.16. The summed E-state index contributed by atoms with van der Waals surface area (Å²) < 4.78 is 14.8. The molecule has 0 aliphatic carbocycles. The van der Waals surface area contributed by atoms with Crippen LogP contribution in [-0.2, 0) is 19.0 Å². The molecule has 0 aromatic rings. The normalized spacial score (nSPS) is 13.9. The summed E-state index contributed by atoms with van der Waals surface area (Å²) in [5.41, 5.74) is 0. The molecule has 0 radical (unpaired) electrons. The highest BCUT2D eigenvalue weighted by molar-refractivity contribution is 5.73. The molecule has 0 saturated heterocycles. The molecule has 0 bridgehead atoms. The molecule has 0 rings (SSSR count). The summed E-state index contributed by atoms with van der Waals surface area (Å²) in [7, 11) is 0. The Hall–Kier alpha value is -1.26. The summed E-state index contributed by atoms with van der Waals surface area (Å²) >= 11 is 0. The van der Waals surface area contributed by atoms with E-state index >= 15 is 0 Å². The summed E-state index contributed by atoms with van der Waals surface area (Å²) in [6, 6.07) is 0. The Labute approximate surface area is 109 Å². The van der Waals surface area contributed by atoms with Crippen molar-refractivity contribution in [3.8, 4) is 0 Å². The molecule has 0 aliphatic heterocycles. The van der Waals surface area contributed by atoms with Gasteiger partial charge in [0, 0.05) is 0 Å². The van der Waals surface area contributed by atoms with E-state index in [0.29, 0.717) is 18.9 Å². The summed E-state index contributed by atoms with van der Waals surface area (Å²) in [6.07, 6.45) is -0.652. The van der Waals surface area contributed by atoms with Gasteiger partial charge >= 0.3 is 12.1 Å². The van der Waals surface area contributed by atoms with Crippen LogP contribution < -0.4 is 0 Å². The molecule has 0 saturated carbocycles. The fourth-order valence-electron chi connectivity index (χ4n) is 1.52. The second-order valence-electron chi connectivity index (χ2n) is 4.51. The van der Waals surface area contributed by atoms with Crippen LogP contribution in [0.5, 0.6) is 0 Å². The molecule has 0 heterocycles. The molecule has 5 nitrogen and oxygen atoms in total. The van der Waals surface area contributed by atoms with Crippen LogP contribution in [-0.4, -0.2) is 31.4 Å². The zero-order valence-electron chi connectivity index (χ0n) is 11.9. The van der Waals surface area contributed by atoms with Gasteiger partial charge in [-0.15, -0.1) is 0 Å². The van der Waals surface area contributed by atoms with Gasteiger partial charge in [-0.05, 0) is 33.1 Å². The highest BCUT2D eigenvalue weighted by atomic mass is 16.7. The average molecular weight is 260 g/mol. The van der Waals surface area contributed by atoms with Gasteiger partial charge in [-0.2, -0.15) is 0 Å².